The van der Waals surface area contributed by atoms with Gasteiger partial charge in [0.15, 0.2) is 0 Å². The second kappa shape index (κ2) is 63.2. The van der Waals surface area contributed by atoms with Crippen LogP contribution in [-0.2, 0) is 14.4 Å². The first kappa shape index (κ1) is 66.5. The molecule has 0 bridgehead atoms. The number of allylic oxidation sites excluding steroid dienone is 6. The molecule has 6 nitrogen and oxygen atoms in total. The summed E-state index contributed by atoms with van der Waals surface area (Å²) in [5.41, 5.74) is 0. The second-order valence-corrected chi connectivity index (χ2v) is 17.1. The quantitative estimate of drug-likeness (QED) is 0.0340. The van der Waals surface area contributed by atoms with Gasteiger partial charge in [0.1, 0.15) is 0 Å². The molecule has 0 N–H and O–H groups in total. The van der Waals surface area contributed by atoms with Gasteiger partial charge in [-0.2, -0.15) is 0 Å². The van der Waals surface area contributed by atoms with E-state index in [0.29, 0.717) is 0 Å². The maximum absolute atomic E-state index is 10.2. The van der Waals surface area contributed by atoms with Crippen LogP contribution < -0.4 is 15.3 Å². The molecule has 0 fully saturated rings. The first-order chi connectivity index (χ1) is 29.3. The van der Waals surface area contributed by atoms with Crippen LogP contribution in [0.3, 0.4) is 0 Å². The second-order valence-electron chi connectivity index (χ2n) is 17.1. The Bertz CT molecular complexity index is 827. The molecule has 0 aromatic carbocycles. The van der Waals surface area contributed by atoms with Gasteiger partial charge in [-0.3, -0.25) is 0 Å². The first-order valence-corrected chi connectivity index (χ1v) is 25.9. The summed E-state index contributed by atoms with van der Waals surface area (Å²) >= 11 is 0. The number of hydrogen-bond acceptors (Lipinski definition) is 6. The topological polar surface area (TPSA) is 120 Å². The van der Waals surface area contributed by atoms with E-state index in [1.807, 2.05) is 0 Å². The van der Waals surface area contributed by atoms with E-state index in [1.54, 1.807) is 0 Å². The molecule has 0 saturated heterocycles. The van der Waals surface area contributed by atoms with Crippen LogP contribution >= 0.6 is 0 Å². The van der Waals surface area contributed by atoms with Crippen LogP contribution in [0.25, 0.3) is 0 Å². The molecule has 0 unspecified atom stereocenters. The molecule has 0 atom stereocenters. The van der Waals surface area contributed by atoms with Gasteiger partial charge >= 0.3 is 37.7 Å². The SMILES string of the molecule is CCCCCC/C=C\CCCCCCCCCC(=O)[O-].CCCCCC/C=C\CCCCCCCCCC(=O)[O-].CCCCCC/C=C\CCCCCCCCCC(=O)[O-].[Ho+3]. The largest absolute Gasteiger partial charge is 3.00 e. The molecule has 0 aliphatic carbocycles. The van der Waals surface area contributed by atoms with Gasteiger partial charge < -0.3 is 29.7 Å². The Balaban J connectivity index is -0.000000396. The van der Waals surface area contributed by atoms with Crippen molar-refractivity contribution in [2.24, 2.45) is 0 Å². The zero-order valence-corrected chi connectivity index (χ0v) is 42.3. The van der Waals surface area contributed by atoms with Crippen LogP contribution in [0.2, 0.25) is 0 Å². The van der Waals surface area contributed by atoms with Gasteiger partial charge in [-0.25, -0.2) is 0 Å². The standard InChI is InChI=1S/3C18H34O2.Ho/c3*1-2-3-4-5-6-7-8-9-10-11-12-13-14-15-16-17-18(19)20;/h3*7-8H,2-6,9-17H2,1H3,(H,19,20);/q;;;+3/p-3/b3*8-7-;. The van der Waals surface area contributed by atoms with E-state index in [4.69, 9.17) is 0 Å². The molecule has 0 radical (unpaired) electrons. The zero-order chi connectivity index (χ0) is 44.7. The van der Waals surface area contributed by atoms with E-state index < -0.39 is 17.9 Å². The number of hydrogen-bond donors (Lipinski definition) is 0. The smallest absolute Gasteiger partial charge is 0.550 e. The predicted octanol–water partition coefficient (Wildman–Crippen LogP) is 14.3. The van der Waals surface area contributed by atoms with Crippen molar-refractivity contribution in [3.63, 3.8) is 0 Å². The number of aliphatic carboxylic acids is 3. The molecule has 0 rings (SSSR count). The van der Waals surface area contributed by atoms with E-state index >= 15 is 0 Å². The summed E-state index contributed by atoms with van der Waals surface area (Å²) in [6, 6.07) is 0. The summed E-state index contributed by atoms with van der Waals surface area (Å²) in [5, 5.41) is 30.6. The third kappa shape index (κ3) is 76.6. The van der Waals surface area contributed by atoms with Crippen LogP contribution in [0.1, 0.15) is 290 Å². The van der Waals surface area contributed by atoms with Gasteiger partial charge in [-0.1, -0.05) is 211 Å². The molecule has 0 heterocycles. The molecule has 0 aromatic rings. The van der Waals surface area contributed by atoms with Crippen molar-refractivity contribution in [3.8, 4) is 0 Å². The summed E-state index contributed by atoms with van der Waals surface area (Å²) in [7, 11) is 0. The average Bonchev–Trinajstić information content (AvgIpc) is 3.22. The molecular formula is C54H99HoO6. The molecule has 0 saturated carbocycles. The molecule has 0 amide bonds. The van der Waals surface area contributed by atoms with E-state index in [0.717, 1.165) is 38.5 Å². The van der Waals surface area contributed by atoms with Crippen LogP contribution in [-0.4, -0.2) is 17.9 Å². The number of rotatable bonds is 45. The Labute approximate surface area is 409 Å². The Morgan fingerprint density at radius 1 is 0.262 bits per heavy atom. The van der Waals surface area contributed by atoms with Gasteiger partial charge in [-0.05, 0) is 116 Å². The predicted molar refractivity (Wildman–Crippen MR) is 253 cm³/mol. The molecular weight excluding hydrogens is 910 g/mol. The number of carbonyl (C=O) groups excluding carboxylic acids is 3. The fourth-order valence-electron chi connectivity index (χ4n) is 7.02. The average molecular weight is 1010 g/mol. The molecule has 7 heteroatoms. The molecule has 0 aliphatic heterocycles. The van der Waals surface area contributed by atoms with Gasteiger partial charge in [0.05, 0.1) is 0 Å². The van der Waals surface area contributed by atoms with Gasteiger partial charge in [0.25, 0.3) is 0 Å². The van der Waals surface area contributed by atoms with E-state index in [9.17, 15) is 29.7 Å². The Morgan fingerprint density at radius 2 is 0.410 bits per heavy atom. The normalized spacial score (nSPS) is 11.1. The van der Waals surface area contributed by atoms with Crippen molar-refractivity contribution < 1.29 is 67.4 Å². The fraction of sp³-hybridized carbons (Fsp3) is 0.833. The Hall–Kier alpha value is -1.11. The minimum atomic E-state index is -0.911. The monoisotopic (exact) mass is 1010 g/mol. The van der Waals surface area contributed by atoms with Crippen molar-refractivity contribution in [1.82, 2.24) is 0 Å². The summed E-state index contributed by atoms with van der Waals surface area (Å²) in [6.07, 6.45) is 62.7. The van der Waals surface area contributed by atoms with Crippen molar-refractivity contribution in [1.29, 1.82) is 0 Å². The van der Waals surface area contributed by atoms with Crippen LogP contribution in [0.15, 0.2) is 36.5 Å². The molecule has 362 valence electrons. The fourth-order valence-corrected chi connectivity index (χ4v) is 7.02. The first-order valence-electron chi connectivity index (χ1n) is 25.9. The number of unbranched alkanes of at least 4 members (excludes halogenated alkanes) is 33. The van der Waals surface area contributed by atoms with Gasteiger partial charge in [0.2, 0.25) is 0 Å². The Morgan fingerprint density at radius 3 is 0.574 bits per heavy atom. The maximum atomic E-state index is 10.2. The van der Waals surface area contributed by atoms with Gasteiger partial charge in [-0.15, -0.1) is 0 Å². The van der Waals surface area contributed by atoms with Crippen LogP contribution in [0.5, 0.6) is 0 Å². The number of carbonyl (C=O) groups is 3. The van der Waals surface area contributed by atoms with Crippen LogP contribution in [0.4, 0.5) is 0 Å². The number of carboxylic acid groups (broad SMARTS) is 3. The third-order valence-corrected chi connectivity index (χ3v) is 10.9. The minimum Gasteiger partial charge on any atom is -0.550 e. The van der Waals surface area contributed by atoms with Crippen molar-refractivity contribution in [3.05, 3.63) is 36.5 Å². The van der Waals surface area contributed by atoms with Crippen LogP contribution in [0, 0.1) is 37.7 Å². The minimum absolute atomic E-state index is 0. The van der Waals surface area contributed by atoms with Gasteiger partial charge in [0, 0.05) is 17.9 Å². The van der Waals surface area contributed by atoms with E-state index in [1.165, 1.54) is 212 Å². The summed E-state index contributed by atoms with van der Waals surface area (Å²) in [6.45, 7) is 6.75. The van der Waals surface area contributed by atoms with Crippen molar-refractivity contribution in [2.45, 2.75) is 290 Å². The molecule has 61 heavy (non-hydrogen) atoms. The van der Waals surface area contributed by atoms with Crippen molar-refractivity contribution in [2.75, 3.05) is 0 Å². The molecule has 0 spiro atoms. The molecule has 0 aromatic heterocycles. The van der Waals surface area contributed by atoms with E-state index in [2.05, 4.69) is 57.2 Å². The summed E-state index contributed by atoms with van der Waals surface area (Å²) < 4.78 is 0. The zero-order valence-electron chi connectivity index (χ0n) is 40.4. The summed E-state index contributed by atoms with van der Waals surface area (Å²) in [5.74, 6) is -2.73. The third-order valence-electron chi connectivity index (χ3n) is 10.9. The summed E-state index contributed by atoms with van der Waals surface area (Å²) in [4.78, 5) is 30.6. The Kier molecular flexibility index (Phi) is 68.9. The maximum Gasteiger partial charge on any atom is 3.00 e. The molecule has 0 aliphatic rings. The van der Waals surface area contributed by atoms with Crippen molar-refractivity contribution >= 4 is 17.9 Å². The van der Waals surface area contributed by atoms with E-state index in [-0.39, 0.29) is 57.0 Å². The number of carboxylic acids is 3.